The summed E-state index contributed by atoms with van der Waals surface area (Å²) >= 11 is 5.88. The van der Waals surface area contributed by atoms with E-state index in [-0.39, 0.29) is 11.6 Å². The van der Waals surface area contributed by atoms with Crippen LogP contribution in [0.5, 0.6) is 0 Å². The Kier molecular flexibility index (Phi) is 4.44. The molecule has 3 aromatic rings. The highest BCUT2D eigenvalue weighted by atomic mass is 35.5. The molecule has 0 N–H and O–H groups in total. The van der Waals surface area contributed by atoms with Gasteiger partial charge in [-0.1, -0.05) is 35.0 Å². The first kappa shape index (κ1) is 15.3. The van der Waals surface area contributed by atoms with Crippen molar-refractivity contribution in [3.63, 3.8) is 0 Å². The van der Waals surface area contributed by atoms with E-state index in [1.807, 2.05) is 49.4 Å². The van der Waals surface area contributed by atoms with Gasteiger partial charge in [-0.3, -0.25) is 4.79 Å². The molecule has 5 heteroatoms. The minimum Gasteiger partial charge on any atom is -0.355 e. The van der Waals surface area contributed by atoms with Crippen LogP contribution in [0, 0.1) is 0 Å². The first-order valence-corrected chi connectivity index (χ1v) is 7.66. The zero-order valence-electron chi connectivity index (χ0n) is 12.6. The molecule has 1 amide bonds. The standard InChI is InChI=1S/C18H15ClN2O2/c1-2-21(15-6-4-3-5-7-15)18(22)16-12-17(23-20-16)13-8-10-14(19)11-9-13/h3-12H,2H2,1H3. The smallest absolute Gasteiger partial charge is 0.280 e. The van der Waals surface area contributed by atoms with E-state index in [0.717, 1.165) is 11.3 Å². The molecule has 116 valence electrons. The largest absolute Gasteiger partial charge is 0.355 e. The van der Waals surface area contributed by atoms with E-state index in [0.29, 0.717) is 17.3 Å². The highest BCUT2D eigenvalue weighted by molar-refractivity contribution is 6.30. The summed E-state index contributed by atoms with van der Waals surface area (Å²) in [6.45, 7) is 2.47. The quantitative estimate of drug-likeness (QED) is 0.700. The van der Waals surface area contributed by atoms with Crippen molar-refractivity contribution in [1.82, 2.24) is 5.16 Å². The average Bonchev–Trinajstić information content (AvgIpc) is 3.07. The Hall–Kier alpha value is -2.59. The van der Waals surface area contributed by atoms with Gasteiger partial charge < -0.3 is 9.42 Å². The van der Waals surface area contributed by atoms with Gasteiger partial charge in [0.15, 0.2) is 11.5 Å². The van der Waals surface area contributed by atoms with Crippen LogP contribution in [0.2, 0.25) is 5.02 Å². The number of hydrogen-bond acceptors (Lipinski definition) is 3. The van der Waals surface area contributed by atoms with Crippen LogP contribution in [0.4, 0.5) is 5.69 Å². The molecule has 1 aromatic heterocycles. The van der Waals surface area contributed by atoms with Crippen LogP contribution >= 0.6 is 11.6 Å². The van der Waals surface area contributed by atoms with Gasteiger partial charge in [0.05, 0.1) is 0 Å². The van der Waals surface area contributed by atoms with Gasteiger partial charge in [0, 0.05) is 28.9 Å². The Morgan fingerprint density at radius 1 is 1.13 bits per heavy atom. The summed E-state index contributed by atoms with van der Waals surface area (Å²) in [5, 5.41) is 4.55. The van der Waals surface area contributed by atoms with E-state index in [4.69, 9.17) is 16.1 Å². The highest BCUT2D eigenvalue weighted by Gasteiger charge is 2.20. The number of amides is 1. The van der Waals surface area contributed by atoms with E-state index < -0.39 is 0 Å². The molecule has 0 fully saturated rings. The van der Waals surface area contributed by atoms with E-state index in [1.54, 1.807) is 23.1 Å². The van der Waals surface area contributed by atoms with Crippen molar-refractivity contribution in [2.24, 2.45) is 0 Å². The number of rotatable bonds is 4. The predicted octanol–water partition coefficient (Wildman–Crippen LogP) is 4.66. The van der Waals surface area contributed by atoms with Gasteiger partial charge in [-0.15, -0.1) is 0 Å². The van der Waals surface area contributed by atoms with Gasteiger partial charge in [-0.05, 0) is 43.3 Å². The van der Waals surface area contributed by atoms with Gasteiger partial charge in [-0.2, -0.15) is 0 Å². The molecule has 2 aromatic carbocycles. The van der Waals surface area contributed by atoms with E-state index in [1.165, 1.54) is 0 Å². The fourth-order valence-electron chi connectivity index (χ4n) is 2.32. The molecular formula is C18H15ClN2O2. The Labute approximate surface area is 139 Å². The molecular weight excluding hydrogens is 312 g/mol. The van der Waals surface area contributed by atoms with Crippen LogP contribution in [0.3, 0.4) is 0 Å². The summed E-state index contributed by atoms with van der Waals surface area (Å²) in [6.07, 6.45) is 0. The third kappa shape index (κ3) is 3.27. The lowest BCUT2D eigenvalue weighted by molar-refractivity contribution is 0.0979. The van der Waals surface area contributed by atoms with Crippen LogP contribution in [0.25, 0.3) is 11.3 Å². The lowest BCUT2D eigenvalue weighted by Crippen LogP contribution is -2.30. The van der Waals surface area contributed by atoms with Gasteiger partial charge in [0.2, 0.25) is 0 Å². The van der Waals surface area contributed by atoms with Crippen molar-refractivity contribution >= 4 is 23.2 Å². The number of para-hydroxylation sites is 1. The Morgan fingerprint density at radius 2 is 1.83 bits per heavy atom. The molecule has 0 saturated carbocycles. The Bertz CT molecular complexity index is 797. The predicted molar refractivity (Wildman–Crippen MR) is 90.7 cm³/mol. The number of hydrogen-bond donors (Lipinski definition) is 0. The maximum Gasteiger partial charge on any atom is 0.280 e. The van der Waals surface area contributed by atoms with Crippen molar-refractivity contribution < 1.29 is 9.32 Å². The van der Waals surface area contributed by atoms with Crippen molar-refractivity contribution in [2.75, 3.05) is 11.4 Å². The topological polar surface area (TPSA) is 46.3 Å². The van der Waals surface area contributed by atoms with Crippen LogP contribution < -0.4 is 4.90 Å². The van der Waals surface area contributed by atoms with Crippen LogP contribution in [0.15, 0.2) is 65.2 Å². The van der Waals surface area contributed by atoms with Crippen LogP contribution in [-0.2, 0) is 0 Å². The molecule has 0 aliphatic rings. The van der Waals surface area contributed by atoms with Crippen molar-refractivity contribution in [1.29, 1.82) is 0 Å². The zero-order chi connectivity index (χ0) is 16.2. The van der Waals surface area contributed by atoms with E-state index >= 15 is 0 Å². The van der Waals surface area contributed by atoms with Gasteiger partial charge in [-0.25, -0.2) is 0 Å². The summed E-state index contributed by atoms with van der Waals surface area (Å²) in [5.41, 5.74) is 1.93. The zero-order valence-corrected chi connectivity index (χ0v) is 13.3. The summed E-state index contributed by atoms with van der Waals surface area (Å²) in [7, 11) is 0. The number of carbonyl (C=O) groups is 1. The molecule has 0 unspecified atom stereocenters. The first-order valence-electron chi connectivity index (χ1n) is 7.28. The second-order valence-electron chi connectivity index (χ2n) is 4.97. The molecule has 0 spiro atoms. The third-order valence-electron chi connectivity index (χ3n) is 3.49. The number of carbonyl (C=O) groups excluding carboxylic acids is 1. The fraction of sp³-hybridized carbons (Fsp3) is 0.111. The van der Waals surface area contributed by atoms with Crippen molar-refractivity contribution in [3.05, 3.63) is 71.4 Å². The third-order valence-corrected chi connectivity index (χ3v) is 3.74. The van der Waals surface area contributed by atoms with Gasteiger partial charge >= 0.3 is 0 Å². The van der Waals surface area contributed by atoms with Gasteiger partial charge in [0.25, 0.3) is 5.91 Å². The number of nitrogens with zero attached hydrogens (tertiary/aromatic N) is 2. The minimum absolute atomic E-state index is 0.192. The second-order valence-corrected chi connectivity index (χ2v) is 5.40. The summed E-state index contributed by atoms with van der Waals surface area (Å²) in [6, 6.07) is 18.3. The number of halogens is 1. The SMILES string of the molecule is CCN(C(=O)c1cc(-c2ccc(Cl)cc2)on1)c1ccccc1. The maximum atomic E-state index is 12.7. The van der Waals surface area contributed by atoms with E-state index in [9.17, 15) is 4.79 Å². The molecule has 0 aliphatic heterocycles. The van der Waals surface area contributed by atoms with Crippen molar-refractivity contribution in [2.45, 2.75) is 6.92 Å². The first-order chi connectivity index (χ1) is 11.2. The molecule has 23 heavy (non-hydrogen) atoms. The average molecular weight is 327 g/mol. The molecule has 1 heterocycles. The van der Waals surface area contributed by atoms with Gasteiger partial charge in [0.1, 0.15) is 0 Å². The molecule has 4 nitrogen and oxygen atoms in total. The monoisotopic (exact) mass is 326 g/mol. The summed E-state index contributed by atoms with van der Waals surface area (Å²) < 4.78 is 5.30. The molecule has 0 radical (unpaired) electrons. The molecule has 0 aliphatic carbocycles. The fourth-order valence-corrected chi connectivity index (χ4v) is 2.44. The second kappa shape index (κ2) is 6.67. The van der Waals surface area contributed by atoms with E-state index in [2.05, 4.69) is 5.16 Å². The minimum atomic E-state index is -0.192. The van der Waals surface area contributed by atoms with Crippen molar-refractivity contribution in [3.8, 4) is 11.3 Å². The molecule has 0 atom stereocenters. The molecule has 3 rings (SSSR count). The molecule has 0 bridgehead atoms. The Morgan fingerprint density at radius 3 is 2.48 bits per heavy atom. The Balaban J connectivity index is 1.87. The maximum absolute atomic E-state index is 12.7. The number of benzene rings is 2. The summed E-state index contributed by atoms with van der Waals surface area (Å²) in [5.74, 6) is 0.344. The summed E-state index contributed by atoms with van der Waals surface area (Å²) in [4.78, 5) is 14.3. The normalized spacial score (nSPS) is 10.5. The molecule has 0 saturated heterocycles. The number of anilines is 1. The number of aromatic nitrogens is 1. The highest BCUT2D eigenvalue weighted by Crippen LogP contribution is 2.24. The lowest BCUT2D eigenvalue weighted by atomic mass is 10.1. The van der Waals surface area contributed by atoms with Crippen LogP contribution in [-0.4, -0.2) is 17.6 Å². The lowest BCUT2D eigenvalue weighted by Gasteiger charge is -2.19. The van der Waals surface area contributed by atoms with Crippen LogP contribution in [0.1, 0.15) is 17.4 Å².